The minimum atomic E-state index is -1.31. The summed E-state index contributed by atoms with van der Waals surface area (Å²) in [4.78, 5) is 131. The van der Waals surface area contributed by atoms with Gasteiger partial charge in [0.05, 0.1) is 18.9 Å². The van der Waals surface area contributed by atoms with Crippen molar-refractivity contribution in [2.24, 2.45) is 55.1 Å². The first kappa shape index (κ1) is 54.3. The molecule has 28 nitrogen and oxygen atoms in total. The van der Waals surface area contributed by atoms with Gasteiger partial charge >= 0.3 is 5.97 Å². The summed E-state index contributed by atoms with van der Waals surface area (Å²) in [5, 5.41) is 19.9. The number of aromatic nitrogens is 2. The molecule has 0 aliphatic carbocycles. The van der Waals surface area contributed by atoms with E-state index in [4.69, 9.17) is 40.1 Å². The first-order chi connectivity index (χ1) is 32.9. The van der Waals surface area contributed by atoms with Crippen LogP contribution in [-0.4, -0.2) is 183 Å². The standard InChI is InChI=1S/C41H69N19O9/c42-24(19-23-20-49-22-54-23)35(65)58-16-4-10-28(58)34(64)57-26(8-2-14-51-40(45)46)36(66)60-18-6-12-30(60)37(67)59-17-5-11-29(59)33(63)56-25(7-1-13-50-39(43)44)32(62)53-21-31(61)55-27(38(68)69)9-3-15-52-41(47)48/h20,22,24-30H,1-19,21,42H2,(H,49,54)(H,53,62)(H,55,61)(H,56,63)(H,57,64)(H,68,69)(H4,43,44,50)(H4,45,46,51)(H4,47,48,52)/t24-,25-,26-,27-,28-,29-,30-/m0/s1. The van der Waals surface area contributed by atoms with Crippen LogP contribution in [0.15, 0.2) is 27.5 Å². The minimum absolute atomic E-state index is 0.00359. The highest BCUT2D eigenvalue weighted by Crippen LogP contribution is 2.27. The number of nitrogens with one attached hydrogen (secondary N) is 5. The fourth-order valence-electron chi connectivity index (χ4n) is 8.58. The predicted octanol–water partition coefficient (Wildman–Crippen LogP) is -5.93. The Morgan fingerprint density at radius 3 is 1.67 bits per heavy atom. The number of aliphatic carboxylic acids is 1. The number of hydrogen-bond acceptors (Lipinski definition) is 13. The van der Waals surface area contributed by atoms with E-state index in [0.717, 1.165) is 0 Å². The Hall–Kier alpha value is -7.26. The number of carboxylic acids is 1. The summed E-state index contributed by atoms with van der Waals surface area (Å²) in [6, 6.07) is -7.48. The quantitative estimate of drug-likeness (QED) is 0.0234. The third-order valence-electron chi connectivity index (χ3n) is 11.9. The number of aromatic amines is 1. The van der Waals surface area contributed by atoms with Gasteiger partial charge in [0.2, 0.25) is 41.4 Å². The first-order valence-electron chi connectivity index (χ1n) is 23.1. The highest BCUT2D eigenvalue weighted by molar-refractivity contribution is 5.98. The van der Waals surface area contributed by atoms with Crippen LogP contribution in [-0.2, 0) is 44.8 Å². The molecule has 7 amide bonds. The van der Waals surface area contributed by atoms with Crippen LogP contribution in [0.1, 0.15) is 82.7 Å². The van der Waals surface area contributed by atoms with Crippen LogP contribution in [0.25, 0.3) is 0 Å². The van der Waals surface area contributed by atoms with Gasteiger partial charge in [0.15, 0.2) is 17.9 Å². The van der Waals surface area contributed by atoms with Gasteiger partial charge in [0.1, 0.15) is 36.3 Å². The first-order valence-corrected chi connectivity index (χ1v) is 23.1. The minimum Gasteiger partial charge on any atom is -0.480 e. The van der Waals surface area contributed by atoms with Crippen molar-refractivity contribution in [1.82, 2.24) is 45.9 Å². The number of H-pyrrole nitrogens is 1. The summed E-state index contributed by atoms with van der Waals surface area (Å²) >= 11 is 0. The normalized spacial score (nSPS) is 19.3. The lowest BCUT2D eigenvalue weighted by Crippen LogP contribution is -2.59. The van der Waals surface area contributed by atoms with Crippen LogP contribution in [0.4, 0.5) is 0 Å². The molecule has 0 saturated carbocycles. The van der Waals surface area contributed by atoms with E-state index in [2.05, 4.69) is 46.2 Å². The van der Waals surface area contributed by atoms with Gasteiger partial charge in [0.25, 0.3) is 0 Å². The topological polar surface area (TPSA) is 463 Å². The highest BCUT2D eigenvalue weighted by Gasteiger charge is 2.45. The van der Waals surface area contributed by atoms with Crippen molar-refractivity contribution in [3.8, 4) is 0 Å². The average molecular weight is 972 g/mol. The van der Waals surface area contributed by atoms with Crippen LogP contribution < -0.4 is 61.4 Å². The number of hydrogen-bond donors (Lipinski definition) is 13. The molecule has 382 valence electrons. The molecule has 3 aliphatic rings. The molecule has 3 aliphatic heterocycles. The van der Waals surface area contributed by atoms with Crippen LogP contribution in [0, 0.1) is 0 Å². The molecule has 3 saturated heterocycles. The van der Waals surface area contributed by atoms with E-state index >= 15 is 0 Å². The van der Waals surface area contributed by atoms with Crippen molar-refractivity contribution < 1.29 is 43.5 Å². The van der Waals surface area contributed by atoms with Crippen molar-refractivity contribution in [3.63, 3.8) is 0 Å². The van der Waals surface area contributed by atoms with E-state index in [0.29, 0.717) is 37.9 Å². The molecule has 3 fully saturated rings. The van der Waals surface area contributed by atoms with Crippen molar-refractivity contribution in [2.45, 2.75) is 126 Å². The Labute approximate surface area is 398 Å². The Morgan fingerprint density at radius 2 is 1.14 bits per heavy atom. The highest BCUT2D eigenvalue weighted by atomic mass is 16.4. The third-order valence-corrected chi connectivity index (χ3v) is 11.9. The van der Waals surface area contributed by atoms with Crippen molar-refractivity contribution in [3.05, 3.63) is 18.2 Å². The van der Waals surface area contributed by atoms with Gasteiger partial charge in [-0.1, -0.05) is 0 Å². The maximum atomic E-state index is 14.5. The molecule has 1 aromatic rings. The Bertz CT molecular complexity index is 2040. The molecule has 0 unspecified atom stereocenters. The smallest absolute Gasteiger partial charge is 0.326 e. The summed E-state index contributed by atoms with van der Waals surface area (Å²) in [6.45, 7) is 0.442. The molecule has 7 atom stereocenters. The van der Waals surface area contributed by atoms with Gasteiger partial charge in [-0.15, -0.1) is 0 Å². The van der Waals surface area contributed by atoms with Gasteiger partial charge in [0, 0.05) is 57.6 Å². The third kappa shape index (κ3) is 16.8. The number of nitrogens with zero attached hydrogens (tertiary/aromatic N) is 7. The molecular formula is C41H69N19O9. The second-order valence-electron chi connectivity index (χ2n) is 17.1. The van der Waals surface area contributed by atoms with Gasteiger partial charge < -0.3 is 86.2 Å². The van der Waals surface area contributed by atoms with Crippen molar-refractivity contribution in [2.75, 3.05) is 45.8 Å². The van der Waals surface area contributed by atoms with Gasteiger partial charge in [-0.3, -0.25) is 48.5 Å². The molecule has 28 heteroatoms. The summed E-state index contributed by atoms with van der Waals surface area (Å²) in [6.07, 6.45) is 6.40. The SMILES string of the molecule is NC(N)=NCCC[C@H](NC(=O)CNC(=O)[C@H](CCCN=C(N)N)NC(=O)[C@@H]1CCCN1C(=O)[C@@H]1CCCN1C(=O)[C@H](CCCN=C(N)N)NC(=O)[C@@H]1CCCN1C(=O)[C@@H](N)Cc1cnc[nH]1)C(=O)O. The number of imidazole rings is 1. The van der Waals surface area contributed by atoms with E-state index in [1.54, 1.807) is 6.20 Å². The van der Waals surface area contributed by atoms with E-state index in [-0.39, 0.29) is 108 Å². The lowest BCUT2D eigenvalue weighted by molar-refractivity contribution is -0.148. The van der Waals surface area contributed by atoms with Crippen LogP contribution in [0.5, 0.6) is 0 Å². The van der Waals surface area contributed by atoms with Crippen LogP contribution >= 0.6 is 0 Å². The molecule has 0 spiro atoms. The van der Waals surface area contributed by atoms with Crippen molar-refractivity contribution >= 4 is 65.2 Å². The number of likely N-dealkylation sites (tertiary alicyclic amines) is 3. The summed E-state index contributed by atoms with van der Waals surface area (Å²) in [5.41, 5.74) is 39.5. The number of guanidine groups is 3. The zero-order valence-corrected chi connectivity index (χ0v) is 38.7. The monoisotopic (exact) mass is 972 g/mol. The number of aliphatic imine (C=N–C) groups is 3. The lowest BCUT2D eigenvalue weighted by atomic mass is 10.1. The number of carbonyl (C=O) groups excluding carboxylic acids is 7. The predicted molar refractivity (Wildman–Crippen MR) is 251 cm³/mol. The van der Waals surface area contributed by atoms with Gasteiger partial charge in [-0.05, 0) is 77.0 Å². The van der Waals surface area contributed by atoms with E-state index < -0.39 is 96.2 Å². The largest absolute Gasteiger partial charge is 0.480 e. The molecule has 0 radical (unpaired) electrons. The zero-order chi connectivity index (χ0) is 50.6. The number of carboxylic acid groups (broad SMARTS) is 1. The van der Waals surface area contributed by atoms with E-state index in [1.807, 2.05) is 0 Å². The lowest BCUT2D eigenvalue weighted by Gasteiger charge is -2.34. The molecule has 20 N–H and O–H groups in total. The zero-order valence-electron chi connectivity index (χ0n) is 38.7. The summed E-state index contributed by atoms with van der Waals surface area (Å²) in [7, 11) is 0. The molecule has 4 rings (SSSR count). The Morgan fingerprint density at radius 1 is 0.667 bits per heavy atom. The van der Waals surface area contributed by atoms with E-state index in [9.17, 15) is 43.5 Å². The fraction of sp³-hybridized carbons (Fsp3) is 0.659. The van der Waals surface area contributed by atoms with Gasteiger partial charge in [-0.25, -0.2) is 9.78 Å². The molecule has 0 bridgehead atoms. The molecule has 1 aromatic heterocycles. The maximum Gasteiger partial charge on any atom is 0.326 e. The Balaban J connectivity index is 1.44. The average Bonchev–Trinajstić information content (AvgIpc) is 4.16. The summed E-state index contributed by atoms with van der Waals surface area (Å²) < 4.78 is 0. The summed E-state index contributed by atoms with van der Waals surface area (Å²) in [5.74, 6) is -6.01. The van der Waals surface area contributed by atoms with E-state index in [1.165, 1.54) is 21.0 Å². The Kier molecular flexibility index (Phi) is 21.2. The van der Waals surface area contributed by atoms with Crippen LogP contribution in [0.3, 0.4) is 0 Å². The number of rotatable bonds is 26. The van der Waals surface area contributed by atoms with Crippen molar-refractivity contribution in [1.29, 1.82) is 0 Å². The number of nitrogens with two attached hydrogens (primary N) is 7. The number of carbonyl (C=O) groups is 8. The fourth-order valence-corrected chi connectivity index (χ4v) is 8.58. The van der Waals surface area contributed by atoms with Gasteiger partial charge in [-0.2, -0.15) is 0 Å². The maximum absolute atomic E-state index is 14.5. The molecule has 0 aromatic carbocycles. The molecule has 4 heterocycles. The second kappa shape index (κ2) is 26.9. The molecular weight excluding hydrogens is 903 g/mol. The number of amides is 7. The molecule has 69 heavy (non-hydrogen) atoms. The second-order valence-corrected chi connectivity index (χ2v) is 17.1. The van der Waals surface area contributed by atoms with Crippen LogP contribution in [0.2, 0.25) is 0 Å².